The minimum atomic E-state index is -3.86. The van der Waals surface area contributed by atoms with Crippen LogP contribution in [0.5, 0.6) is 17.2 Å². The van der Waals surface area contributed by atoms with Crippen LogP contribution in [0.15, 0.2) is 114 Å². The van der Waals surface area contributed by atoms with E-state index in [9.17, 15) is 8.42 Å². The monoisotopic (exact) mass is 402 g/mol. The summed E-state index contributed by atoms with van der Waals surface area (Å²) in [6.07, 6.45) is 0. The van der Waals surface area contributed by atoms with Crippen LogP contribution in [0, 0.1) is 0 Å². The Bertz CT molecular complexity index is 1170. The third kappa shape index (κ3) is 4.65. The summed E-state index contributed by atoms with van der Waals surface area (Å²) in [5.41, 5.74) is 2.24. The molecule has 4 rings (SSSR count). The molecule has 0 amide bonds. The van der Waals surface area contributed by atoms with Gasteiger partial charge in [-0.2, -0.15) is 8.42 Å². The zero-order chi connectivity index (χ0) is 20.1. The van der Waals surface area contributed by atoms with Crippen LogP contribution in [0.1, 0.15) is 0 Å². The van der Waals surface area contributed by atoms with Crippen molar-refractivity contribution in [3.63, 3.8) is 0 Å². The predicted octanol–water partition coefficient (Wildman–Crippen LogP) is 5.91. The van der Waals surface area contributed by atoms with Gasteiger partial charge in [-0.15, -0.1) is 0 Å². The Morgan fingerprint density at radius 2 is 0.931 bits per heavy atom. The van der Waals surface area contributed by atoms with E-state index in [-0.39, 0.29) is 10.6 Å². The number of hydrogen-bond donors (Lipinski definition) is 0. The molecule has 0 unspecified atom stereocenters. The zero-order valence-electron chi connectivity index (χ0n) is 15.4. The first-order valence-electron chi connectivity index (χ1n) is 9.03. The number of rotatable bonds is 6. The van der Waals surface area contributed by atoms with E-state index in [1.807, 2.05) is 42.5 Å². The second-order valence-electron chi connectivity index (χ2n) is 6.31. The van der Waals surface area contributed by atoms with Gasteiger partial charge in [0.15, 0.2) is 0 Å². The Kier molecular flexibility index (Phi) is 5.31. The first kappa shape index (κ1) is 18.8. The number of hydrogen-bond acceptors (Lipinski definition) is 4. The van der Waals surface area contributed by atoms with Crippen LogP contribution in [-0.2, 0) is 10.1 Å². The average Bonchev–Trinajstić information content (AvgIpc) is 2.77. The minimum Gasteiger partial charge on any atom is -0.457 e. The van der Waals surface area contributed by atoms with Crippen molar-refractivity contribution in [2.45, 2.75) is 4.90 Å². The molecule has 144 valence electrons. The summed E-state index contributed by atoms with van der Waals surface area (Å²) >= 11 is 0. The molecule has 0 atom stereocenters. The smallest absolute Gasteiger partial charge is 0.339 e. The fourth-order valence-corrected chi connectivity index (χ4v) is 3.76. The van der Waals surface area contributed by atoms with Gasteiger partial charge in [-0.1, -0.05) is 60.7 Å². The molecule has 0 radical (unpaired) electrons. The van der Waals surface area contributed by atoms with Gasteiger partial charge in [0.2, 0.25) is 0 Å². The summed E-state index contributed by atoms with van der Waals surface area (Å²) in [7, 11) is -3.86. The van der Waals surface area contributed by atoms with E-state index in [4.69, 9.17) is 8.92 Å². The maximum absolute atomic E-state index is 12.3. The molecule has 29 heavy (non-hydrogen) atoms. The highest BCUT2D eigenvalue weighted by molar-refractivity contribution is 7.87. The van der Waals surface area contributed by atoms with Crippen molar-refractivity contribution in [3.8, 4) is 28.4 Å². The normalized spacial score (nSPS) is 11.0. The van der Waals surface area contributed by atoms with Crippen LogP contribution < -0.4 is 8.92 Å². The van der Waals surface area contributed by atoms with Gasteiger partial charge in [-0.3, -0.25) is 0 Å². The molecule has 5 heteroatoms. The van der Waals surface area contributed by atoms with Crippen molar-refractivity contribution < 1.29 is 17.3 Å². The summed E-state index contributed by atoms with van der Waals surface area (Å²) in [4.78, 5) is 0.110. The third-order valence-corrected chi connectivity index (χ3v) is 5.52. The number of benzene rings is 4. The molecular formula is C24H18O4S. The van der Waals surface area contributed by atoms with Gasteiger partial charge in [0.25, 0.3) is 0 Å². The summed E-state index contributed by atoms with van der Waals surface area (Å²) < 4.78 is 35.6. The molecule has 4 nitrogen and oxygen atoms in total. The fourth-order valence-electron chi connectivity index (χ4n) is 2.81. The van der Waals surface area contributed by atoms with Gasteiger partial charge < -0.3 is 8.92 Å². The molecule has 4 aromatic carbocycles. The molecular weight excluding hydrogens is 384 g/mol. The predicted molar refractivity (Wildman–Crippen MR) is 113 cm³/mol. The van der Waals surface area contributed by atoms with Crippen molar-refractivity contribution in [3.05, 3.63) is 109 Å². The SMILES string of the molecule is O=S(=O)(Oc1ccc(Oc2ccc(-c3ccccc3)cc2)cc1)c1ccccc1. The Hall–Kier alpha value is -3.57. The highest BCUT2D eigenvalue weighted by Gasteiger charge is 2.15. The van der Waals surface area contributed by atoms with Crippen LogP contribution in [0.2, 0.25) is 0 Å². The molecule has 0 N–H and O–H groups in total. The lowest BCUT2D eigenvalue weighted by atomic mass is 10.1. The first-order valence-corrected chi connectivity index (χ1v) is 10.4. The van der Waals surface area contributed by atoms with Gasteiger partial charge in [-0.05, 0) is 59.7 Å². The van der Waals surface area contributed by atoms with Crippen molar-refractivity contribution in [1.82, 2.24) is 0 Å². The van der Waals surface area contributed by atoms with Crippen LogP contribution in [-0.4, -0.2) is 8.42 Å². The first-order chi connectivity index (χ1) is 14.1. The van der Waals surface area contributed by atoms with E-state index in [2.05, 4.69) is 12.1 Å². The summed E-state index contributed by atoms with van der Waals surface area (Å²) in [5, 5.41) is 0. The van der Waals surface area contributed by atoms with Crippen LogP contribution >= 0.6 is 0 Å². The van der Waals surface area contributed by atoms with E-state index >= 15 is 0 Å². The quantitative estimate of drug-likeness (QED) is 0.376. The third-order valence-electron chi connectivity index (χ3n) is 4.26. The van der Waals surface area contributed by atoms with E-state index < -0.39 is 10.1 Å². The summed E-state index contributed by atoms with van der Waals surface area (Å²) in [5.74, 6) is 1.50. The average molecular weight is 402 g/mol. The molecule has 0 fully saturated rings. The standard InChI is InChI=1S/C24H18O4S/c25-29(26,24-9-5-2-6-10-24)28-23-17-15-22(16-18-23)27-21-13-11-20(12-14-21)19-7-3-1-4-8-19/h1-18H. The zero-order valence-corrected chi connectivity index (χ0v) is 16.3. The van der Waals surface area contributed by atoms with Crippen molar-refractivity contribution in [2.24, 2.45) is 0 Å². The Balaban J connectivity index is 1.43. The summed E-state index contributed by atoms with van der Waals surface area (Å²) in [6, 6.07) is 32.4. The molecule has 0 aliphatic rings. The van der Waals surface area contributed by atoms with Crippen molar-refractivity contribution >= 4 is 10.1 Å². The van der Waals surface area contributed by atoms with Crippen LogP contribution in [0.4, 0.5) is 0 Å². The molecule has 0 aromatic heterocycles. The van der Waals surface area contributed by atoms with Gasteiger partial charge in [0.1, 0.15) is 22.1 Å². The van der Waals surface area contributed by atoms with E-state index in [0.717, 1.165) is 11.1 Å². The molecule has 0 aliphatic carbocycles. The summed E-state index contributed by atoms with van der Waals surface area (Å²) in [6.45, 7) is 0. The second-order valence-corrected chi connectivity index (χ2v) is 7.86. The lowest BCUT2D eigenvalue weighted by Gasteiger charge is -2.09. The van der Waals surface area contributed by atoms with Crippen molar-refractivity contribution in [1.29, 1.82) is 0 Å². The van der Waals surface area contributed by atoms with E-state index in [1.165, 1.54) is 12.1 Å². The maximum atomic E-state index is 12.3. The Labute approximate surface area is 170 Å². The van der Waals surface area contributed by atoms with Gasteiger partial charge in [0, 0.05) is 0 Å². The second kappa shape index (κ2) is 8.20. The fraction of sp³-hybridized carbons (Fsp3) is 0. The van der Waals surface area contributed by atoms with Gasteiger partial charge >= 0.3 is 10.1 Å². The molecule has 4 aromatic rings. The van der Waals surface area contributed by atoms with Gasteiger partial charge in [-0.25, -0.2) is 0 Å². The largest absolute Gasteiger partial charge is 0.457 e. The molecule has 0 aliphatic heterocycles. The highest BCUT2D eigenvalue weighted by atomic mass is 32.2. The van der Waals surface area contributed by atoms with Crippen LogP contribution in [0.25, 0.3) is 11.1 Å². The minimum absolute atomic E-state index is 0.110. The molecule has 0 heterocycles. The van der Waals surface area contributed by atoms with E-state index in [0.29, 0.717) is 11.5 Å². The maximum Gasteiger partial charge on any atom is 0.339 e. The number of ether oxygens (including phenoxy) is 1. The van der Waals surface area contributed by atoms with Crippen molar-refractivity contribution in [2.75, 3.05) is 0 Å². The molecule has 0 saturated carbocycles. The molecule has 0 bridgehead atoms. The molecule has 0 spiro atoms. The lowest BCUT2D eigenvalue weighted by molar-refractivity contribution is 0.474. The Morgan fingerprint density at radius 1 is 0.483 bits per heavy atom. The highest BCUT2D eigenvalue weighted by Crippen LogP contribution is 2.27. The topological polar surface area (TPSA) is 52.6 Å². The lowest BCUT2D eigenvalue weighted by Crippen LogP contribution is -2.09. The van der Waals surface area contributed by atoms with Crippen LogP contribution in [0.3, 0.4) is 0 Å². The molecule has 0 saturated heterocycles. The van der Waals surface area contributed by atoms with E-state index in [1.54, 1.807) is 42.5 Å². The van der Waals surface area contributed by atoms with Gasteiger partial charge in [0.05, 0.1) is 0 Å². The Morgan fingerprint density at radius 3 is 1.52 bits per heavy atom.